The number of aromatic carboxylic acids is 1. The van der Waals surface area contributed by atoms with Gasteiger partial charge in [-0.1, -0.05) is 12.1 Å². The number of carboxylic acids is 1. The van der Waals surface area contributed by atoms with Gasteiger partial charge in [-0.05, 0) is 17.7 Å². The van der Waals surface area contributed by atoms with Crippen molar-refractivity contribution in [2.75, 3.05) is 6.54 Å². The molecule has 0 bridgehead atoms. The quantitative estimate of drug-likeness (QED) is 0.574. The normalized spacial score (nSPS) is 9.93. The number of hydrogen-bond acceptors (Lipinski definition) is 2. The molecule has 0 saturated heterocycles. The molecular weight excluding hydrogens is 197 g/mol. The van der Waals surface area contributed by atoms with Crippen molar-refractivity contribution in [1.82, 2.24) is 5.32 Å². The topological polar surface area (TPSA) is 49.3 Å². The van der Waals surface area contributed by atoms with E-state index in [1.54, 1.807) is 12.1 Å². The van der Waals surface area contributed by atoms with Crippen molar-refractivity contribution < 1.29 is 14.3 Å². The summed E-state index contributed by atoms with van der Waals surface area (Å²) >= 11 is 0. The van der Waals surface area contributed by atoms with Gasteiger partial charge in [0.2, 0.25) is 0 Å². The van der Waals surface area contributed by atoms with E-state index < -0.39 is 11.8 Å². The summed E-state index contributed by atoms with van der Waals surface area (Å²) in [5.74, 6) is -1.96. The molecule has 1 aromatic carbocycles. The highest BCUT2D eigenvalue weighted by atomic mass is 19.1. The van der Waals surface area contributed by atoms with Crippen molar-refractivity contribution >= 4 is 5.97 Å². The molecular formula is C11H12FNO2. The third-order valence-electron chi connectivity index (χ3n) is 1.88. The molecule has 0 spiro atoms. The van der Waals surface area contributed by atoms with Crippen LogP contribution in [0, 0.1) is 5.82 Å². The summed E-state index contributed by atoms with van der Waals surface area (Å²) in [6.07, 6.45) is 1.70. The molecule has 4 heteroatoms. The lowest BCUT2D eigenvalue weighted by atomic mass is 10.1. The van der Waals surface area contributed by atoms with Gasteiger partial charge in [0.25, 0.3) is 0 Å². The van der Waals surface area contributed by atoms with Crippen molar-refractivity contribution in [2.45, 2.75) is 6.54 Å². The molecule has 1 aromatic rings. The molecule has 0 amide bonds. The van der Waals surface area contributed by atoms with Crippen molar-refractivity contribution in [3.8, 4) is 0 Å². The molecule has 0 saturated carbocycles. The lowest BCUT2D eigenvalue weighted by molar-refractivity contribution is 0.0692. The molecule has 15 heavy (non-hydrogen) atoms. The molecule has 0 fully saturated rings. The average Bonchev–Trinajstić information content (AvgIpc) is 2.17. The first kappa shape index (κ1) is 11.4. The standard InChI is InChI=1S/C11H12FNO2/c1-2-5-13-7-8-3-4-9(11(14)15)10(12)6-8/h2-4,6,13H,1,5,7H2,(H,14,15). The predicted octanol–water partition coefficient (Wildman–Crippen LogP) is 1.80. The average molecular weight is 209 g/mol. The van der Waals surface area contributed by atoms with E-state index in [2.05, 4.69) is 11.9 Å². The van der Waals surface area contributed by atoms with Crippen LogP contribution in [0.3, 0.4) is 0 Å². The van der Waals surface area contributed by atoms with Gasteiger partial charge in [0.1, 0.15) is 5.82 Å². The van der Waals surface area contributed by atoms with Gasteiger partial charge in [-0.2, -0.15) is 0 Å². The summed E-state index contributed by atoms with van der Waals surface area (Å²) in [7, 11) is 0. The Hall–Kier alpha value is -1.68. The number of carbonyl (C=O) groups is 1. The molecule has 0 aliphatic rings. The summed E-state index contributed by atoms with van der Waals surface area (Å²) in [4.78, 5) is 10.5. The predicted molar refractivity (Wildman–Crippen MR) is 55.3 cm³/mol. The van der Waals surface area contributed by atoms with Crippen molar-refractivity contribution in [2.24, 2.45) is 0 Å². The van der Waals surface area contributed by atoms with Crippen LogP contribution in [0.25, 0.3) is 0 Å². The Bertz CT molecular complexity index is 377. The smallest absolute Gasteiger partial charge is 0.338 e. The zero-order valence-corrected chi connectivity index (χ0v) is 8.16. The highest BCUT2D eigenvalue weighted by molar-refractivity contribution is 5.87. The number of halogens is 1. The van der Waals surface area contributed by atoms with Crippen LogP contribution in [0.2, 0.25) is 0 Å². The minimum absolute atomic E-state index is 0.303. The first-order chi connectivity index (χ1) is 7.15. The number of benzene rings is 1. The molecule has 80 valence electrons. The molecule has 0 radical (unpaired) electrons. The lowest BCUT2D eigenvalue weighted by Crippen LogP contribution is -2.13. The van der Waals surface area contributed by atoms with E-state index in [-0.39, 0.29) is 5.56 Å². The largest absolute Gasteiger partial charge is 0.478 e. The molecule has 0 aromatic heterocycles. The molecule has 0 aliphatic heterocycles. The van der Waals surface area contributed by atoms with Crippen molar-refractivity contribution in [1.29, 1.82) is 0 Å². The van der Waals surface area contributed by atoms with E-state index in [4.69, 9.17) is 5.11 Å². The highest BCUT2D eigenvalue weighted by Gasteiger charge is 2.09. The van der Waals surface area contributed by atoms with Crippen LogP contribution < -0.4 is 5.32 Å². The Labute approximate surface area is 87.2 Å². The molecule has 3 nitrogen and oxygen atoms in total. The van der Waals surface area contributed by atoms with E-state index >= 15 is 0 Å². The maximum Gasteiger partial charge on any atom is 0.338 e. The van der Waals surface area contributed by atoms with Gasteiger partial charge < -0.3 is 10.4 Å². The fourth-order valence-corrected chi connectivity index (χ4v) is 1.16. The fourth-order valence-electron chi connectivity index (χ4n) is 1.16. The second-order valence-electron chi connectivity index (χ2n) is 3.04. The second-order valence-corrected chi connectivity index (χ2v) is 3.04. The van der Waals surface area contributed by atoms with E-state index in [9.17, 15) is 9.18 Å². The Morgan fingerprint density at radius 2 is 2.33 bits per heavy atom. The molecule has 0 unspecified atom stereocenters. The van der Waals surface area contributed by atoms with Crippen LogP contribution in [0.4, 0.5) is 4.39 Å². The Morgan fingerprint density at radius 3 is 2.87 bits per heavy atom. The maximum absolute atomic E-state index is 13.2. The molecule has 0 atom stereocenters. The van der Waals surface area contributed by atoms with Crippen LogP contribution in [0.15, 0.2) is 30.9 Å². The summed E-state index contributed by atoms with van der Waals surface area (Å²) < 4.78 is 13.2. The van der Waals surface area contributed by atoms with Crippen LogP contribution in [-0.4, -0.2) is 17.6 Å². The number of nitrogens with one attached hydrogen (secondary N) is 1. The monoisotopic (exact) mass is 209 g/mol. The third kappa shape index (κ3) is 3.18. The van der Waals surface area contributed by atoms with Crippen LogP contribution >= 0.6 is 0 Å². The molecule has 0 aliphatic carbocycles. The van der Waals surface area contributed by atoms with E-state index in [1.165, 1.54) is 12.1 Å². The van der Waals surface area contributed by atoms with Gasteiger partial charge in [-0.15, -0.1) is 6.58 Å². The van der Waals surface area contributed by atoms with Gasteiger partial charge in [-0.25, -0.2) is 9.18 Å². The van der Waals surface area contributed by atoms with Crippen molar-refractivity contribution in [3.05, 3.63) is 47.8 Å². The van der Waals surface area contributed by atoms with E-state index in [0.717, 1.165) is 0 Å². The lowest BCUT2D eigenvalue weighted by Gasteiger charge is -2.03. The van der Waals surface area contributed by atoms with Crippen molar-refractivity contribution in [3.63, 3.8) is 0 Å². The van der Waals surface area contributed by atoms with E-state index in [1.807, 2.05) is 0 Å². The number of rotatable bonds is 5. The summed E-state index contributed by atoms with van der Waals surface area (Å²) in [5, 5.41) is 11.6. The van der Waals surface area contributed by atoms with Gasteiger partial charge in [-0.3, -0.25) is 0 Å². The SMILES string of the molecule is C=CCNCc1ccc(C(=O)O)c(F)c1. The minimum atomic E-state index is -1.25. The fraction of sp³-hybridized carbons (Fsp3) is 0.182. The summed E-state index contributed by atoms with van der Waals surface area (Å²) in [6.45, 7) is 4.65. The van der Waals surface area contributed by atoms with Gasteiger partial charge in [0.05, 0.1) is 5.56 Å². The van der Waals surface area contributed by atoms with Crippen LogP contribution in [0.5, 0.6) is 0 Å². The summed E-state index contributed by atoms with van der Waals surface area (Å²) in [5.41, 5.74) is 0.404. The molecule has 1 rings (SSSR count). The van der Waals surface area contributed by atoms with Crippen LogP contribution in [-0.2, 0) is 6.54 Å². The van der Waals surface area contributed by atoms with Crippen LogP contribution in [0.1, 0.15) is 15.9 Å². The molecule has 2 N–H and O–H groups in total. The van der Waals surface area contributed by atoms with E-state index in [0.29, 0.717) is 18.7 Å². The summed E-state index contributed by atoms with van der Waals surface area (Å²) in [6, 6.07) is 4.07. The Balaban J connectivity index is 2.73. The second kappa shape index (κ2) is 5.26. The number of hydrogen-bond donors (Lipinski definition) is 2. The zero-order valence-electron chi connectivity index (χ0n) is 8.16. The molecule has 0 heterocycles. The van der Waals surface area contributed by atoms with Gasteiger partial charge in [0, 0.05) is 13.1 Å². The zero-order chi connectivity index (χ0) is 11.3. The number of carboxylic acid groups (broad SMARTS) is 1. The maximum atomic E-state index is 13.2. The highest BCUT2D eigenvalue weighted by Crippen LogP contribution is 2.10. The first-order valence-electron chi connectivity index (χ1n) is 4.48. The minimum Gasteiger partial charge on any atom is -0.478 e. The first-order valence-corrected chi connectivity index (χ1v) is 4.48. The Kier molecular flexibility index (Phi) is 4.00. The third-order valence-corrected chi connectivity index (χ3v) is 1.88. The van der Waals surface area contributed by atoms with Gasteiger partial charge >= 0.3 is 5.97 Å². The Morgan fingerprint density at radius 1 is 1.60 bits per heavy atom. The van der Waals surface area contributed by atoms with Gasteiger partial charge in [0.15, 0.2) is 0 Å².